The van der Waals surface area contributed by atoms with Crippen LogP contribution in [0.1, 0.15) is 22.4 Å². The third kappa shape index (κ3) is 4.53. The van der Waals surface area contributed by atoms with Gasteiger partial charge in [-0.05, 0) is 63.1 Å². The van der Waals surface area contributed by atoms with Gasteiger partial charge in [0.2, 0.25) is 17.2 Å². The van der Waals surface area contributed by atoms with Gasteiger partial charge in [-0.2, -0.15) is 4.98 Å². The monoisotopic (exact) mass is 479 g/mol. The van der Waals surface area contributed by atoms with E-state index in [0.717, 1.165) is 33.6 Å². The average molecular weight is 480 g/mol. The van der Waals surface area contributed by atoms with Crippen LogP contribution >= 0.6 is 0 Å². The fourth-order valence-corrected chi connectivity index (χ4v) is 4.08. The Bertz CT molecular complexity index is 1680. The molecule has 5 aromatic rings. The maximum absolute atomic E-state index is 13.4. The van der Waals surface area contributed by atoms with E-state index in [9.17, 15) is 9.59 Å². The van der Waals surface area contributed by atoms with Crippen molar-refractivity contribution in [2.75, 3.05) is 5.32 Å². The molecule has 3 aromatic heterocycles. The molecule has 0 radical (unpaired) electrons. The van der Waals surface area contributed by atoms with E-state index < -0.39 is 0 Å². The van der Waals surface area contributed by atoms with Gasteiger partial charge < -0.3 is 14.4 Å². The smallest absolute Gasteiger partial charge is 0.263 e. The van der Waals surface area contributed by atoms with Gasteiger partial charge in [-0.1, -0.05) is 41.1 Å². The van der Waals surface area contributed by atoms with Crippen molar-refractivity contribution in [2.45, 2.75) is 34.2 Å². The van der Waals surface area contributed by atoms with Gasteiger partial charge in [0.25, 0.3) is 5.89 Å². The molecule has 0 fully saturated rings. The number of rotatable bonds is 5. The summed E-state index contributed by atoms with van der Waals surface area (Å²) in [6, 6.07) is 17.1. The molecule has 2 aromatic carbocycles. The Morgan fingerprint density at radius 1 is 0.972 bits per heavy atom. The van der Waals surface area contributed by atoms with Crippen LogP contribution in [0, 0.1) is 27.7 Å². The molecule has 0 aliphatic heterocycles. The first-order valence-electron chi connectivity index (χ1n) is 11.6. The Morgan fingerprint density at radius 3 is 2.58 bits per heavy atom. The number of nitrogens with one attached hydrogen (secondary N) is 1. The number of fused-ring (bicyclic) bond motifs is 1. The number of amides is 1. The summed E-state index contributed by atoms with van der Waals surface area (Å²) in [5.41, 5.74) is 5.67. The van der Waals surface area contributed by atoms with E-state index in [1.54, 1.807) is 22.9 Å². The molecule has 1 N–H and O–H groups in total. The van der Waals surface area contributed by atoms with Crippen molar-refractivity contribution in [3.63, 3.8) is 0 Å². The second kappa shape index (κ2) is 9.22. The maximum atomic E-state index is 13.4. The van der Waals surface area contributed by atoms with Gasteiger partial charge in [-0.25, -0.2) is 4.98 Å². The predicted molar refractivity (Wildman–Crippen MR) is 139 cm³/mol. The third-order valence-corrected chi connectivity index (χ3v) is 5.97. The molecule has 8 heteroatoms. The van der Waals surface area contributed by atoms with Gasteiger partial charge in [0.15, 0.2) is 0 Å². The van der Waals surface area contributed by atoms with Crippen LogP contribution in [0.4, 0.5) is 5.69 Å². The first-order valence-corrected chi connectivity index (χ1v) is 11.6. The maximum Gasteiger partial charge on any atom is 0.263 e. The number of pyridine rings is 2. The minimum atomic E-state index is -0.289. The van der Waals surface area contributed by atoms with Crippen molar-refractivity contribution in [2.24, 2.45) is 0 Å². The summed E-state index contributed by atoms with van der Waals surface area (Å²) in [6.45, 7) is 7.68. The summed E-state index contributed by atoms with van der Waals surface area (Å²) in [5.74, 6) is 0.228. The van der Waals surface area contributed by atoms with Crippen LogP contribution in [-0.2, 0) is 11.3 Å². The van der Waals surface area contributed by atoms with Gasteiger partial charge in [0.05, 0.1) is 5.39 Å². The third-order valence-electron chi connectivity index (χ3n) is 5.97. The van der Waals surface area contributed by atoms with Crippen LogP contribution in [0.3, 0.4) is 0 Å². The van der Waals surface area contributed by atoms with E-state index in [4.69, 9.17) is 4.52 Å². The standard InChI is InChI=1S/C28H25N5O3/c1-16-6-5-7-20(12-16)26-31-28(36-32-26)22-14-33(27-21(25(22)35)11-10-19(4)29-27)15-24(34)30-23-13-17(2)8-9-18(23)3/h5-14H,15H2,1-4H3,(H,30,34). The summed E-state index contributed by atoms with van der Waals surface area (Å²) >= 11 is 0. The molecule has 3 heterocycles. The lowest BCUT2D eigenvalue weighted by Gasteiger charge is -2.13. The molecule has 5 rings (SSSR count). The molecule has 0 aliphatic carbocycles. The first-order chi connectivity index (χ1) is 17.3. The van der Waals surface area contributed by atoms with Crippen LogP contribution in [-0.4, -0.2) is 25.6 Å². The number of benzene rings is 2. The highest BCUT2D eigenvalue weighted by molar-refractivity contribution is 5.92. The molecule has 8 nitrogen and oxygen atoms in total. The topological polar surface area (TPSA) is 103 Å². The minimum absolute atomic E-state index is 0.0491. The van der Waals surface area contributed by atoms with Gasteiger partial charge >= 0.3 is 0 Å². The lowest BCUT2D eigenvalue weighted by Crippen LogP contribution is -2.22. The highest BCUT2D eigenvalue weighted by Gasteiger charge is 2.19. The SMILES string of the molecule is Cc1cccc(-c2noc(-c3cn(CC(=O)Nc4cc(C)ccc4C)c4nc(C)ccc4c3=O)n2)c1. The predicted octanol–water partition coefficient (Wildman–Crippen LogP) is 4.99. The average Bonchev–Trinajstić information content (AvgIpc) is 3.33. The lowest BCUT2D eigenvalue weighted by atomic mass is 10.1. The molecule has 1 amide bonds. The Kier molecular flexibility index (Phi) is 5.93. The molecular formula is C28H25N5O3. The number of aromatic nitrogens is 4. The quantitative estimate of drug-likeness (QED) is 0.381. The van der Waals surface area contributed by atoms with Gasteiger partial charge in [0, 0.05) is 23.1 Å². The zero-order chi connectivity index (χ0) is 25.4. The molecule has 0 saturated heterocycles. The van der Waals surface area contributed by atoms with Crippen molar-refractivity contribution >= 4 is 22.6 Å². The molecule has 0 aliphatic rings. The molecule has 0 bridgehead atoms. The van der Waals surface area contributed by atoms with Crippen LogP contribution < -0.4 is 10.7 Å². The molecule has 0 spiro atoms. The van der Waals surface area contributed by atoms with E-state index in [2.05, 4.69) is 20.4 Å². The summed E-state index contributed by atoms with van der Waals surface area (Å²) in [4.78, 5) is 35.4. The number of aryl methyl sites for hydroxylation is 4. The highest BCUT2D eigenvalue weighted by atomic mass is 16.5. The first kappa shape index (κ1) is 23.2. The Hall–Kier alpha value is -4.59. The van der Waals surface area contributed by atoms with E-state index in [-0.39, 0.29) is 29.3 Å². The number of carbonyl (C=O) groups is 1. The van der Waals surface area contributed by atoms with Crippen LogP contribution in [0.25, 0.3) is 33.9 Å². The number of hydrogen-bond acceptors (Lipinski definition) is 6. The van der Waals surface area contributed by atoms with E-state index >= 15 is 0 Å². The summed E-state index contributed by atoms with van der Waals surface area (Å²) in [7, 11) is 0. The number of nitrogens with zero attached hydrogens (tertiary/aromatic N) is 4. The van der Waals surface area contributed by atoms with Gasteiger partial charge in [-0.15, -0.1) is 0 Å². The molecule has 36 heavy (non-hydrogen) atoms. The van der Waals surface area contributed by atoms with Gasteiger partial charge in [0.1, 0.15) is 17.8 Å². The fraction of sp³-hybridized carbons (Fsp3) is 0.179. The number of anilines is 1. The highest BCUT2D eigenvalue weighted by Crippen LogP contribution is 2.23. The van der Waals surface area contributed by atoms with Crippen molar-refractivity contribution in [3.8, 4) is 22.8 Å². The minimum Gasteiger partial charge on any atom is -0.333 e. The van der Waals surface area contributed by atoms with Crippen LogP contribution in [0.5, 0.6) is 0 Å². The number of hydrogen-bond donors (Lipinski definition) is 1. The second-order valence-corrected chi connectivity index (χ2v) is 8.98. The summed E-state index contributed by atoms with van der Waals surface area (Å²) < 4.78 is 7.14. The molecular weight excluding hydrogens is 454 g/mol. The molecule has 0 saturated carbocycles. The van der Waals surface area contributed by atoms with Crippen molar-refractivity contribution in [1.82, 2.24) is 19.7 Å². The Morgan fingerprint density at radius 2 is 1.78 bits per heavy atom. The van der Waals surface area contributed by atoms with Crippen LogP contribution in [0.2, 0.25) is 0 Å². The fourth-order valence-electron chi connectivity index (χ4n) is 4.08. The van der Waals surface area contributed by atoms with E-state index in [1.165, 1.54) is 0 Å². The number of carbonyl (C=O) groups excluding carboxylic acids is 1. The van der Waals surface area contributed by atoms with Gasteiger partial charge in [-0.3, -0.25) is 9.59 Å². The largest absolute Gasteiger partial charge is 0.333 e. The van der Waals surface area contributed by atoms with E-state index in [0.29, 0.717) is 16.9 Å². The zero-order valence-electron chi connectivity index (χ0n) is 20.5. The van der Waals surface area contributed by atoms with Crippen molar-refractivity contribution in [3.05, 3.63) is 93.4 Å². The molecule has 0 unspecified atom stereocenters. The molecule has 0 atom stereocenters. The molecule has 180 valence electrons. The Balaban J connectivity index is 1.56. The van der Waals surface area contributed by atoms with Crippen molar-refractivity contribution in [1.29, 1.82) is 0 Å². The van der Waals surface area contributed by atoms with E-state index in [1.807, 2.05) is 70.2 Å². The Labute approximate surface area is 207 Å². The normalized spacial score (nSPS) is 11.1. The second-order valence-electron chi connectivity index (χ2n) is 8.98. The summed E-state index contributed by atoms with van der Waals surface area (Å²) in [6.07, 6.45) is 1.56. The zero-order valence-corrected chi connectivity index (χ0v) is 20.5. The van der Waals surface area contributed by atoms with Crippen molar-refractivity contribution < 1.29 is 9.32 Å². The lowest BCUT2D eigenvalue weighted by molar-refractivity contribution is -0.116. The summed E-state index contributed by atoms with van der Waals surface area (Å²) in [5, 5.41) is 7.41. The van der Waals surface area contributed by atoms with Crippen LogP contribution in [0.15, 0.2) is 70.1 Å².